The summed E-state index contributed by atoms with van der Waals surface area (Å²) in [5, 5.41) is 2.53. The molecule has 0 aliphatic rings. The lowest BCUT2D eigenvalue weighted by molar-refractivity contribution is 1.19. The number of rotatable bonds is 7. The summed E-state index contributed by atoms with van der Waals surface area (Å²) < 4.78 is 2.17. The van der Waals surface area contributed by atoms with Gasteiger partial charge < -0.3 is 4.90 Å². The Morgan fingerprint density at radius 2 is 0.920 bits per heavy atom. The fourth-order valence-corrected chi connectivity index (χ4v) is 6.98. The minimum absolute atomic E-state index is 0.930. The smallest absolute Gasteiger partial charge is 0.137 e. The number of pyridine rings is 1. The summed E-state index contributed by atoms with van der Waals surface area (Å²) in [6.07, 6.45) is 2.09. The van der Waals surface area contributed by atoms with Crippen LogP contribution in [0.25, 0.3) is 61.2 Å². The van der Waals surface area contributed by atoms with Gasteiger partial charge in [0.1, 0.15) is 5.65 Å². The summed E-state index contributed by atoms with van der Waals surface area (Å²) >= 11 is 0. The van der Waals surface area contributed by atoms with Gasteiger partial charge in [-0.2, -0.15) is 0 Å². The van der Waals surface area contributed by atoms with Crippen LogP contribution < -0.4 is 4.90 Å². The average Bonchev–Trinajstić information content (AvgIpc) is 3.59. The molecule has 0 saturated carbocycles. The van der Waals surface area contributed by atoms with E-state index in [0.717, 1.165) is 45.2 Å². The zero-order valence-corrected chi connectivity index (χ0v) is 27.4. The predicted molar refractivity (Wildman–Crippen MR) is 209 cm³/mol. The molecular formula is C47H33N3. The first-order chi connectivity index (χ1) is 24.8. The Bertz CT molecular complexity index is 2550. The third-order valence-electron chi connectivity index (χ3n) is 9.43. The van der Waals surface area contributed by atoms with E-state index in [9.17, 15) is 0 Å². The lowest BCUT2D eigenvalue weighted by atomic mass is 9.96. The van der Waals surface area contributed by atoms with Crippen LogP contribution in [0.15, 0.2) is 200 Å². The Labute approximate surface area is 292 Å². The van der Waals surface area contributed by atoms with E-state index in [1.54, 1.807) is 0 Å². The molecule has 0 fully saturated rings. The molecule has 0 N–H and O–H groups in total. The first kappa shape index (κ1) is 29.4. The molecule has 0 spiro atoms. The molecule has 3 heteroatoms. The first-order valence-electron chi connectivity index (χ1n) is 17.0. The summed E-state index contributed by atoms with van der Waals surface area (Å²) in [7, 11) is 0. The molecule has 50 heavy (non-hydrogen) atoms. The molecule has 236 valence electrons. The zero-order valence-electron chi connectivity index (χ0n) is 27.4. The summed E-state index contributed by atoms with van der Waals surface area (Å²) in [5.74, 6) is 0. The van der Waals surface area contributed by atoms with E-state index in [-0.39, 0.29) is 0 Å². The third kappa shape index (κ3) is 5.41. The second-order valence-corrected chi connectivity index (χ2v) is 12.5. The van der Waals surface area contributed by atoms with Gasteiger partial charge in [0, 0.05) is 34.4 Å². The van der Waals surface area contributed by atoms with Gasteiger partial charge in [-0.3, -0.25) is 4.40 Å². The van der Waals surface area contributed by atoms with E-state index in [0.29, 0.717) is 0 Å². The Balaban J connectivity index is 1.04. The molecule has 0 amide bonds. The lowest BCUT2D eigenvalue weighted by Crippen LogP contribution is -2.09. The van der Waals surface area contributed by atoms with Gasteiger partial charge in [0.05, 0.1) is 11.4 Å². The summed E-state index contributed by atoms with van der Waals surface area (Å²) in [6, 6.07) is 68.8. The quantitative estimate of drug-likeness (QED) is 0.173. The molecule has 2 heterocycles. The SMILES string of the molecule is c1ccc(-c2c(-c3ccc(N(c4ccccc4)c4ccc(-c5ccc(-c6cccc7ccccc67)cc5)cc4)cc3)nc3ccccn23)cc1. The highest BCUT2D eigenvalue weighted by Gasteiger charge is 2.18. The fraction of sp³-hybridized carbons (Fsp3) is 0. The maximum atomic E-state index is 5.07. The molecule has 9 rings (SSSR count). The van der Waals surface area contributed by atoms with Crippen LogP contribution in [0.2, 0.25) is 0 Å². The molecule has 0 aliphatic heterocycles. The number of fused-ring (bicyclic) bond motifs is 2. The molecule has 0 radical (unpaired) electrons. The van der Waals surface area contributed by atoms with Crippen molar-refractivity contribution >= 4 is 33.5 Å². The van der Waals surface area contributed by atoms with E-state index in [1.807, 2.05) is 6.07 Å². The van der Waals surface area contributed by atoms with Crippen LogP contribution >= 0.6 is 0 Å². The largest absolute Gasteiger partial charge is 0.311 e. The monoisotopic (exact) mass is 639 g/mol. The minimum Gasteiger partial charge on any atom is -0.311 e. The number of benzene rings is 7. The number of para-hydroxylation sites is 1. The standard InChI is InChI=1S/C47H33N3/c1-3-13-39(14-4-1)47-46(48-45-20-9-10-33-49(45)47)38-27-31-42(32-28-38)50(40-16-5-2-6-17-40)41-29-25-35(26-30-41)34-21-23-37(24-22-34)44-19-11-15-36-12-7-8-18-43(36)44/h1-33H. The van der Waals surface area contributed by atoms with E-state index in [1.165, 1.54) is 33.0 Å². The van der Waals surface area contributed by atoms with Gasteiger partial charge in [0.15, 0.2) is 0 Å². The Morgan fingerprint density at radius 3 is 1.64 bits per heavy atom. The maximum Gasteiger partial charge on any atom is 0.137 e. The number of hydrogen-bond acceptors (Lipinski definition) is 2. The van der Waals surface area contributed by atoms with Crippen LogP contribution in [0.3, 0.4) is 0 Å². The number of imidazole rings is 1. The summed E-state index contributed by atoms with van der Waals surface area (Å²) in [4.78, 5) is 7.38. The minimum atomic E-state index is 0.930. The number of nitrogens with zero attached hydrogens (tertiary/aromatic N) is 3. The van der Waals surface area contributed by atoms with Gasteiger partial charge >= 0.3 is 0 Å². The highest BCUT2D eigenvalue weighted by molar-refractivity contribution is 5.97. The molecule has 7 aromatic carbocycles. The maximum absolute atomic E-state index is 5.07. The van der Waals surface area contributed by atoms with Crippen molar-refractivity contribution in [2.45, 2.75) is 0 Å². The van der Waals surface area contributed by atoms with Gasteiger partial charge in [-0.15, -0.1) is 0 Å². The van der Waals surface area contributed by atoms with Crippen LogP contribution in [0.4, 0.5) is 17.1 Å². The third-order valence-corrected chi connectivity index (χ3v) is 9.43. The molecule has 0 atom stereocenters. The molecule has 0 unspecified atom stereocenters. The van der Waals surface area contributed by atoms with E-state index in [2.05, 4.69) is 204 Å². The number of aromatic nitrogens is 2. The van der Waals surface area contributed by atoms with Crippen molar-refractivity contribution in [2.24, 2.45) is 0 Å². The van der Waals surface area contributed by atoms with Gasteiger partial charge in [0.25, 0.3) is 0 Å². The second-order valence-electron chi connectivity index (χ2n) is 12.5. The van der Waals surface area contributed by atoms with E-state index < -0.39 is 0 Å². The van der Waals surface area contributed by atoms with Gasteiger partial charge in [-0.25, -0.2) is 4.98 Å². The van der Waals surface area contributed by atoms with Crippen molar-refractivity contribution in [3.05, 3.63) is 200 Å². The number of anilines is 3. The first-order valence-corrected chi connectivity index (χ1v) is 17.0. The Morgan fingerprint density at radius 1 is 0.380 bits per heavy atom. The van der Waals surface area contributed by atoms with Crippen LogP contribution in [-0.4, -0.2) is 9.38 Å². The molecular weight excluding hydrogens is 607 g/mol. The Kier molecular flexibility index (Phi) is 7.49. The molecule has 2 aromatic heterocycles. The van der Waals surface area contributed by atoms with Crippen molar-refractivity contribution in [1.29, 1.82) is 0 Å². The molecule has 0 saturated heterocycles. The second kappa shape index (κ2) is 12.7. The molecule has 0 bridgehead atoms. The highest BCUT2D eigenvalue weighted by atomic mass is 15.1. The Hall–Kier alpha value is -6.71. The normalized spacial score (nSPS) is 11.2. The van der Waals surface area contributed by atoms with Crippen molar-refractivity contribution in [3.8, 4) is 44.8 Å². The van der Waals surface area contributed by atoms with Gasteiger partial charge in [0.2, 0.25) is 0 Å². The predicted octanol–water partition coefficient (Wildman–Crippen LogP) is 12.6. The molecule has 9 aromatic rings. The van der Waals surface area contributed by atoms with E-state index in [4.69, 9.17) is 4.98 Å². The van der Waals surface area contributed by atoms with Gasteiger partial charge in [-0.05, 0) is 81.6 Å². The van der Waals surface area contributed by atoms with Crippen LogP contribution in [0.5, 0.6) is 0 Å². The fourth-order valence-electron chi connectivity index (χ4n) is 6.98. The highest BCUT2D eigenvalue weighted by Crippen LogP contribution is 2.39. The van der Waals surface area contributed by atoms with Crippen molar-refractivity contribution in [3.63, 3.8) is 0 Å². The topological polar surface area (TPSA) is 20.5 Å². The molecule has 0 aliphatic carbocycles. The molecule has 3 nitrogen and oxygen atoms in total. The van der Waals surface area contributed by atoms with Crippen LogP contribution in [0, 0.1) is 0 Å². The summed E-state index contributed by atoms with van der Waals surface area (Å²) in [6.45, 7) is 0. The average molecular weight is 640 g/mol. The van der Waals surface area contributed by atoms with Crippen molar-refractivity contribution < 1.29 is 0 Å². The summed E-state index contributed by atoms with van der Waals surface area (Å²) in [5.41, 5.74) is 13.3. The zero-order chi connectivity index (χ0) is 33.3. The van der Waals surface area contributed by atoms with Crippen molar-refractivity contribution in [2.75, 3.05) is 4.90 Å². The van der Waals surface area contributed by atoms with Crippen LogP contribution in [-0.2, 0) is 0 Å². The number of hydrogen-bond donors (Lipinski definition) is 0. The van der Waals surface area contributed by atoms with Gasteiger partial charge in [-0.1, -0.05) is 146 Å². The van der Waals surface area contributed by atoms with E-state index >= 15 is 0 Å². The van der Waals surface area contributed by atoms with Crippen LogP contribution in [0.1, 0.15) is 0 Å². The van der Waals surface area contributed by atoms with Crippen molar-refractivity contribution in [1.82, 2.24) is 9.38 Å². The lowest BCUT2D eigenvalue weighted by Gasteiger charge is -2.26.